The summed E-state index contributed by atoms with van der Waals surface area (Å²) in [6.07, 6.45) is 12.1. The molecule has 0 aliphatic carbocycles. The minimum atomic E-state index is 0.844. The van der Waals surface area contributed by atoms with Crippen LogP contribution in [0, 0.1) is 0 Å². The molecule has 1 heterocycles. The van der Waals surface area contributed by atoms with Gasteiger partial charge in [0, 0.05) is 18.7 Å². The van der Waals surface area contributed by atoms with E-state index < -0.39 is 0 Å². The molecule has 0 bridgehead atoms. The Kier molecular flexibility index (Phi) is 6.76. The number of hydrogen-bond acceptors (Lipinski definition) is 2. The van der Waals surface area contributed by atoms with Crippen LogP contribution in [0.25, 0.3) is 0 Å². The molecule has 0 amide bonds. The van der Waals surface area contributed by atoms with Gasteiger partial charge in [-0.15, -0.1) is 0 Å². The Morgan fingerprint density at radius 1 is 1.00 bits per heavy atom. The van der Waals surface area contributed by atoms with Gasteiger partial charge in [0.05, 0.1) is 6.61 Å². The van der Waals surface area contributed by atoms with E-state index in [0.29, 0.717) is 0 Å². The summed E-state index contributed by atoms with van der Waals surface area (Å²) < 4.78 is 5.52. The first-order valence-electron chi connectivity index (χ1n) is 8.40. The van der Waals surface area contributed by atoms with Gasteiger partial charge in [-0.05, 0) is 30.2 Å². The van der Waals surface area contributed by atoms with Gasteiger partial charge in [0.1, 0.15) is 5.75 Å². The van der Waals surface area contributed by atoms with Crippen LogP contribution < -0.4 is 10.1 Å². The van der Waals surface area contributed by atoms with Crippen LogP contribution in [0.3, 0.4) is 0 Å². The lowest BCUT2D eigenvalue weighted by Crippen LogP contribution is -2.01. The van der Waals surface area contributed by atoms with Crippen molar-refractivity contribution < 1.29 is 4.74 Å². The molecule has 0 aromatic heterocycles. The fraction of sp³-hybridized carbons (Fsp3) is 0.667. The van der Waals surface area contributed by atoms with Crippen LogP contribution in [-0.4, -0.2) is 13.2 Å². The maximum Gasteiger partial charge on any atom is 0.122 e. The van der Waals surface area contributed by atoms with Gasteiger partial charge in [-0.25, -0.2) is 0 Å². The maximum atomic E-state index is 5.52. The van der Waals surface area contributed by atoms with E-state index in [2.05, 4.69) is 30.4 Å². The molecule has 1 aromatic carbocycles. The molecule has 0 fully saturated rings. The van der Waals surface area contributed by atoms with Crippen molar-refractivity contribution in [1.82, 2.24) is 0 Å². The minimum Gasteiger partial charge on any atom is -0.493 e. The highest BCUT2D eigenvalue weighted by Gasteiger charge is 2.11. The summed E-state index contributed by atoms with van der Waals surface area (Å²) in [5.74, 6) is 1.07. The summed E-state index contributed by atoms with van der Waals surface area (Å²) in [7, 11) is 0. The molecule has 1 aliphatic rings. The summed E-state index contributed by atoms with van der Waals surface area (Å²) in [4.78, 5) is 0. The van der Waals surface area contributed by atoms with Crippen LogP contribution in [0.5, 0.6) is 5.75 Å². The number of ether oxygens (including phenoxy) is 1. The Hall–Kier alpha value is -1.18. The molecule has 0 unspecified atom stereocenters. The van der Waals surface area contributed by atoms with Crippen molar-refractivity contribution in [2.45, 2.75) is 64.7 Å². The van der Waals surface area contributed by atoms with Crippen molar-refractivity contribution in [2.75, 3.05) is 18.5 Å². The molecule has 2 rings (SSSR count). The van der Waals surface area contributed by atoms with Gasteiger partial charge in [0.2, 0.25) is 0 Å². The molecule has 2 nitrogen and oxygen atoms in total. The summed E-state index contributed by atoms with van der Waals surface area (Å²) in [6.45, 7) is 4.21. The molecule has 0 spiro atoms. The Labute approximate surface area is 123 Å². The lowest BCUT2D eigenvalue weighted by atomic mass is 10.1. The highest BCUT2D eigenvalue weighted by Crippen LogP contribution is 2.27. The molecule has 112 valence electrons. The Morgan fingerprint density at radius 2 is 1.75 bits per heavy atom. The van der Waals surface area contributed by atoms with Gasteiger partial charge in [-0.2, -0.15) is 0 Å². The number of benzene rings is 1. The molecular weight excluding hydrogens is 246 g/mol. The molecule has 20 heavy (non-hydrogen) atoms. The van der Waals surface area contributed by atoms with Crippen molar-refractivity contribution in [3.8, 4) is 5.75 Å². The molecule has 0 saturated heterocycles. The third-order valence-electron chi connectivity index (χ3n) is 4.05. The highest BCUT2D eigenvalue weighted by atomic mass is 16.5. The number of fused-ring (bicyclic) bond motifs is 1. The van der Waals surface area contributed by atoms with Gasteiger partial charge >= 0.3 is 0 Å². The van der Waals surface area contributed by atoms with Gasteiger partial charge in [0.25, 0.3) is 0 Å². The lowest BCUT2D eigenvalue weighted by molar-refractivity contribution is 0.357. The van der Waals surface area contributed by atoms with E-state index in [0.717, 1.165) is 25.3 Å². The second-order valence-corrected chi connectivity index (χ2v) is 5.82. The number of hydrogen-bond donors (Lipinski definition) is 1. The van der Waals surface area contributed by atoms with Crippen molar-refractivity contribution in [3.63, 3.8) is 0 Å². The zero-order valence-electron chi connectivity index (χ0n) is 12.9. The fourth-order valence-corrected chi connectivity index (χ4v) is 2.79. The smallest absolute Gasteiger partial charge is 0.122 e. The Balaban J connectivity index is 1.51. The van der Waals surface area contributed by atoms with Crippen LogP contribution in [0.4, 0.5) is 5.69 Å². The predicted octanol–water partition coefficient (Wildman–Crippen LogP) is 5.17. The quantitative estimate of drug-likeness (QED) is 0.594. The molecular formula is C18H29NO. The summed E-state index contributed by atoms with van der Waals surface area (Å²) in [5, 5.41) is 3.53. The highest BCUT2D eigenvalue weighted by molar-refractivity contribution is 5.52. The number of rotatable bonds is 10. The third-order valence-corrected chi connectivity index (χ3v) is 4.05. The standard InChI is InChI=1S/C18H29NO/c1-2-3-4-5-6-7-8-9-13-19-17-10-11-18-16(15-17)12-14-20-18/h10-11,15,19H,2-9,12-14H2,1H3. The number of anilines is 1. The predicted molar refractivity (Wildman–Crippen MR) is 86.7 cm³/mol. The van der Waals surface area contributed by atoms with Crippen LogP contribution >= 0.6 is 0 Å². The lowest BCUT2D eigenvalue weighted by Gasteiger charge is -2.08. The first-order valence-corrected chi connectivity index (χ1v) is 8.40. The topological polar surface area (TPSA) is 21.3 Å². The molecule has 1 aliphatic heterocycles. The SMILES string of the molecule is CCCCCCCCCCNc1ccc2c(c1)CCO2. The minimum absolute atomic E-state index is 0.844. The van der Waals surface area contributed by atoms with Crippen LogP contribution in [-0.2, 0) is 6.42 Å². The zero-order valence-corrected chi connectivity index (χ0v) is 12.9. The van der Waals surface area contributed by atoms with Crippen molar-refractivity contribution in [1.29, 1.82) is 0 Å². The van der Waals surface area contributed by atoms with Crippen molar-refractivity contribution in [3.05, 3.63) is 23.8 Å². The average Bonchev–Trinajstić information content (AvgIpc) is 2.93. The average molecular weight is 275 g/mol. The van der Waals surface area contributed by atoms with E-state index in [1.165, 1.54) is 62.6 Å². The molecule has 1 N–H and O–H groups in total. The Morgan fingerprint density at radius 3 is 2.55 bits per heavy atom. The normalized spacial score (nSPS) is 13.1. The first-order chi connectivity index (χ1) is 9.90. The zero-order chi connectivity index (χ0) is 14.0. The number of nitrogens with one attached hydrogen (secondary N) is 1. The van der Waals surface area contributed by atoms with E-state index in [9.17, 15) is 0 Å². The van der Waals surface area contributed by atoms with E-state index in [1.54, 1.807) is 0 Å². The van der Waals surface area contributed by atoms with Crippen LogP contribution in [0.1, 0.15) is 63.9 Å². The molecule has 0 radical (unpaired) electrons. The number of unbranched alkanes of at least 4 members (excludes halogenated alkanes) is 7. The van der Waals surface area contributed by atoms with Crippen LogP contribution in [0.15, 0.2) is 18.2 Å². The summed E-state index contributed by atoms with van der Waals surface area (Å²) in [5.41, 5.74) is 2.60. The van der Waals surface area contributed by atoms with Crippen molar-refractivity contribution in [2.24, 2.45) is 0 Å². The molecule has 0 atom stereocenters. The third kappa shape index (κ3) is 5.07. The second kappa shape index (κ2) is 8.89. The van der Waals surface area contributed by atoms with Crippen LogP contribution in [0.2, 0.25) is 0 Å². The van der Waals surface area contributed by atoms with Gasteiger partial charge in [-0.1, -0.05) is 51.9 Å². The van der Waals surface area contributed by atoms with Crippen molar-refractivity contribution >= 4 is 5.69 Å². The molecule has 0 saturated carbocycles. The van der Waals surface area contributed by atoms with E-state index in [4.69, 9.17) is 4.74 Å². The summed E-state index contributed by atoms with van der Waals surface area (Å²) in [6, 6.07) is 6.47. The maximum absolute atomic E-state index is 5.52. The van der Waals surface area contributed by atoms with Gasteiger partial charge in [-0.3, -0.25) is 0 Å². The monoisotopic (exact) mass is 275 g/mol. The largest absolute Gasteiger partial charge is 0.493 e. The van der Waals surface area contributed by atoms with Gasteiger partial charge in [0.15, 0.2) is 0 Å². The van der Waals surface area contributed by atoms with Gasteiger partial charge < -0.3 is 10.1 Å². The first kappa shape index (κ1) is 15.2. The summed E-state index contributed by atoms with van der Waals surface area (Å²) >= 11 is 0. The molecule has 1 aromatic rings. The Bertz CT molecular complexity index is 389. The van der Waals surface area contributed by atoms with E-state index in [-0.39, 0.29) is 0 Å². The van der Waals surface area contributed by atoms with E-state index >= 15 is 0 Å². The molecule has 2 heteroatoms. The fourth-order valence-electron chi connectivity index (χ4n) is 2.79. The van der Waals surface area contributed by atoms with E-state index in [1.807, 2.05) is 0 Å². The second-order valence-electron chi connectivity index (χ2n) is 5.82.